The first-order valence-electron chi connectivity index (χ1n) is 3.13. The van der Waals surface area contributed by atoms with Crippen LogP contribution in [0.15, 0.2) is 15.5 Å². The predicted molar refractivity (Wildman–Crippen MR) is 43.7 cm³/mol. The highest BCUT2D eigenvalue weighted by Crippen LogP contribution is 2.10. The number of nitrogens with zero attached hydrogens (tertiary/aromatic N) is 5. The van der Waals surface area contributed by atoms with Crippen molar-refractivity contribution in [3.63, 3.8) is 0 Å². The van der Waals surface area contributed by atoms with Crippen LogP contribution in [0.1, 0.15) is 0 Å². The Bertz CT molecular complexity index is 486. The summed E-state index contributed by atoms with van der Waals surface area (Å²) in [6.45, 7) is 0. The Morgan fingerprint density at radius 1 is 1.58 bits per heavy atom. The van der Waals surface area contributed by atoms with Gasteiger partial charge in [-0.25, -0.2) is 4.79 Å². The van der Waals surface area contributed by atoms with E-state index < -0.39 is 0 Å². The summed E-state index contributed by atoms with van der Waals surface area (Å²) in [7, 11) is 1.63. The molecule has 0 aliphatic rings. The average molecular weight is 230 g/mol. The molecule has 0 saturated heterocycles. The first kappa shape index (κ1) is 7.41. The summed E-state index contributed by atoms with van der Waals surface area (Å²) >= 11 is 3.24. The summed E-state index contributed by atoms with van der Waals surface area (Å²) in [5, 5.41) is 10.6. The Kier molecular flexibility index (Phi) is 1.47. The monoisotopic (exact) mass is 229 g/mol. The molecule has 0 amide bonds. The quantitative estimate of drug-likeness (QED) is 0.616. The summed E-state index contributed by atoms with van der Waals surface area (Å²) in [6.07, 6.45) is 1.62. The van der Waals surface area contributed by atoms with Gasteiger partial charge in [0.1, 0.15) is 0 Å². The predicted octanol–water partition coefficient (Wildman–Crippen LogP) is -0.414. The molecule has 0 bridgehead atoms. The molecule has 2 rings (SSSR count). The zero-order valence-corrected chi connectivity index (χ0v) is 7.69. The first-order valence-corrected chi connectivity index (χ1v) is 3.92. The van der Waals surface area contributed by atoms with Gasteiger partial charge in [-0.05, 0) is 26.4 Å². The van der Waals surface area contributed by atoms with Crippen LogP contribution in [0.4, 0.5) is 0 Å². The standard InChI is InChI=1S/C5H4BrN5O/c1-10-2-3(6)4-7-8-9-11(4)5(10)12/h2H,1H3. The highest BCUT2D eigenvalue weighted by Gasteiger charge is 2.06. The van der Waals surface area contributed by atoms with E-state index in [-0.39, 0.29) is 5.69 Å². The van der Waals surface area contributed by atoms with Crippen LogP contribution in [0.5, 0.6) is 0 Å². The number of tetrazole rings is 1. The number of hydrogen-bond acceptors (Lipinski definition) is 4. The van der Waals surface area contributed by atoms with Crippen molar-refractivity contribution >= 4 is 21.6 Å². The van der Waals surface area contributed by atoms with E-state index in [9.17, 15) is 4.79 Å². The van der Waals surface area contributed by atoms with Crippen molar-refractivity contribution in [2.45, 2.75) is 0 Å². The van der Waals surface area contributed by atoms with Crippen LogP contribution < -0.4 is 5.69 Å². The summed E-state index contributed by atoms with van der Waals surface area (Å²) in [5.74, 6) is 0. The van der Waals surface area contributed by atoms with E-state index in [1.165, 1.54) is 4.57 Å². The number of hydrogen-bond donors (Lipinski definition) is 0. The molecule has 0 spiro atoms. The van der Waals surface area contributed by atoms with Crippen LogP contribution in [0.25, 0.3) is 5.65 Å². The normalized spacial score (nSPS) is 10.8. The van der Waals surface area contributed by atoms with Crippen molar-refractivity contribution in [1.82, 2.24) is 24.6 Å². The minimum absolute atomic E-state index is 0.266. The molecule has 0 radical (unpaired) electrons. The lowest BCUT2D eigenvalue weighted by molar-refractivity contribution is 0.711. The number of halogens is 1. The van der Waals surface area contributed by atoms with Crippen LogP contribution >= 0.6 is 15.9 Å². The van der Waals surface area contributed by atoms with Crippen LogP contribution in [0.2, 0.25) is 0 Å². The molecule has 0 aliphatic carbocycles. The van der Waals surface area contributed by atoms with Gasteiger partial charge in [-0.1, -0.05) is 0 Å². The number of rotatable bonds is 0. The van der Waals surface area contributed by atoms with E-state index in [0.717, 1.165) is 4.52 Å². The van der Waals surface area contributed by atoms with Crippen molar-refractivity contribution in [3.05, 3.63) is 21.2 Å². The van der Waals surface area contributed by atoms with E-state index in [0.29, 0.717) is 10.1 Å². The van der Waals surface area contributed by atoms with Gasteiger partial charge in [-0.15, -0.1) is 9.61 Å². The lowest BCUT2D eigenvalue weighted by atomic mass is 10.6. The molecule has 2 aromatic heterocycles. The number of fused-ring (bicyclic) bond motifs is 1. The van der Waals surface area contributed by atoms with Gasteiger partial charge in [0.15, 0.2) is 0 Å². The van der Waals surface area contributed by atoms with Gasteiger partial charge in [0, 0.05) is 13.2 Å². The molecular formula is C5H4BrN5O. The fourth-order valence-electron chi connectivity index (χ4n) is 0.897. The molecule has 0 aromatic carbocycles. The van der Waals surface area contributed by atoms with Crippen molar-refractivity contribution in [3.8, 4) is 0 Å². The molecule has 12 heavy (non-hydrogen) atoms. The molecule has 2 aromatic rings. The highest BCUT2D eigenvalue weighted by molar-refractivity contribution is 9.10. The van der Waals surface area contributed by atoms with Crippen LogP contribution in [-0.4, -0.2) is 24.6 Å². The first-order chi connectivity index (χ1) is 5.70. The smallest absolute Gasteiger partial charge is 0.301 e. The van der Waals surface area contributed by atoms with Crippen molar-refractivity contribution in [2.75, 3.05) is 0 Å². The molecule has 7 heteroatoms. The van der Waals surface area contributed by atoms with Gasteiger partial charge in [0.05, 0.1) is 4.47 Å². The molecule has 0 fully saturated rings. The maximum atomic E-state index is 11.3. The second-order valence-corrected chi connectivity index (χ2v) is 3.14. The highest BCUT2D eigenvalue weighted by atomic mass is 79.9. The minimum Gasteiger partial charge on any atom is -0.301 e. The largest absolute Gasteiger partial charge is 0.351 e. The molecule has 0 atom stereocenters. The fourth-order valence-corrected chi connectivity index (χ4v) is 1.45. The fraction of sp³-hybridized carbons (Fsp3) is 0.200. The topological polar surface area (TPSA) is 65.1 Å². The van der Waals surface area contributed by atoms with Gasteiger partial charge in [-0.2, -0.15) is 0 Å². The lowest BCUT2D eigenvalue weighted by Gasteiger charge is -1.97. The Morgan fingerprint density at radius 2 is 2.33 bits per heavy atom. The summed E-state index contributed by atoms with van der Waals surface area (Å²) < 4.78 is 3.21. The van der Waals surface area contributed by atoms with Crippen molar-refractivity contribution < 1.29 is 0 Å². The van der Waals surface area contributed by atoms with E-state index in [1.807, 2.05) is 0 Å². The van der Waals surface area contributed by atoms with Crippen molar-refractivity contribution in [1.29, 1.82) is 0 Å². The molecule has 62 valence electrons. The third-order valence-electron chi connectivity index (χ3n) is 1.47. The van der Waals surface area contributed by atoms with E-state index >= 15 is 0 Å². The van der Waals surface area contributed by atoms with Gasteiger partial charge >= 0.3 is 5.69 Å². The Morgan fingerprint density at radius 3 is 3.08 bits per heavy atom. The zero-order chi connectivity index (χ0) is 8.72. The van der Waals surface area contributed by atoms with Crippen molar-refractivity contribution in [2.24, 2.45) is 7.05 Å². The zero-order valence-electron chi connectivity index (χ0n) is 6.10. The van der Waals surface area contributed by atoms with Crippen LogP contribution in [0, 0.1) is 0 Å². The maximum Gasteiger partial charge on any atom is 0.351 e. The molecule has 6 nitrogen and oxygen atoms in total. The van der Waals surface area contributed by atoms with E-state index in [4.69, 9.17) is 0 Å². The SMILES string of the molecule is Cn1cc(Br)c2nnnn2c1=O. The minimum atomic E-state index is -0.266. The molecule has 0 N–H and O–H groups in total. The van der Waals surface area contributed by atoms with E-state index in [1.54, 1.807) is 13.2 Å². The Hall–Kier alpha value is -1.24. The Balaban J connectivity index is 3.07. The van der Waals surface area contributed by atoms with Gasteiger partial charge in [0.25, 0.3) is 0 Å². The number of aryl methyl sites for hydroxylation is 1. The second kappa shape index (κ2) is 2.37. The van der Waals surface area contributed by atoms with E-state index in [2.05, 4.69) is 31.5 Å². The van der Waals surface area contributed by atoms with Gasteiger partial charge in [0.2, 0.25) is 5.65 Å². The Labute approximate surface area is 74.9 Å². The van der Waals surface area contributed by atoms with Gasteiger partial charge < -0.3 is 4.57 Å². The lowest BCUT2D eigenvalue weighted by Crippen LogP contribution is -2.24. The molecule has 0 unspecified atom stereocenters. The van der Waals surface area contributed by atoms with Gasteiger partial charge in [-0.3, -0.25) is 0 Å². The maximum absolute atomic E-state index is 11.3. The average Bonchev–Trinajstić information content (AvgIpc) is 2.48. The third kappa shape index (κ3) is 0.860. The third-order valence-corrected chi connectivity index (χ3v) is 2.03. The summed E-state index contributed by atoms with van der Waals surface area (Å²) in [4.78, 5) is 11.3. The molecule has 0 saturated carbocycles. The second-order valence-electron chi connectivity index (χ2n) is 2.28. The summed E-state index contributed by atoms with van der Waals surface area (Å²) in [5.41, 5.74) is 0.163. The van der Waals surface area contributed by atoms with Crippen LogP contribution in [-0.2, 0) is 7.05 Å². The van der Waals surface area contributed by atoms with Crippen LogP contribution in [0.3, 0.4) is 0 Å². The number of aromatic nitrogens is 5. The molecule has 0 aliphatic heterocycles. The molecule has 2 heterocycles. The molecular weight excluding hydrogens is 226 g/mol. The summed E-state index contributed by atoms with van der Waals surface area (Å²) in [6, 6.07) is 0.